The highest BCUT2D eigenvalue weighted by atomic mass is 16.2. The van der Waals surface area contributed by atoms with Crippen LogP contribution < -0.4 is 5.32 Å². The molecule has 3 heteroatoms. The van der Waals surface area contributed by atoms with Crippen molar-refractivity contribution in [3.63, 3.8) is 0 Å². The van der Waals surface area contributed by atoms with Gasteiger partial charge in [-0.3, -0.25) is 10.1 Å². The Morgan fingerprint density at radius 3 is 2.64 bits per heavy atom. The molecule has 14 heavy (non-hydrogen) atoms. The fourth-order valence-corrected chi connectivity index (χ4v) is 1.20. The van der Waals surface area contributed by atoms with Crippen molar-refractivity contribution < 1.29 is 4.79 Å². The minimum Gasteiger partial charge on any atom is -0.342 e. The summed E-state index contributed by atoms with van der Waals surface area (Å²) in [6, 6.07) is 0. The molecule has 0 saturated heterocycles. The first-order chi connectivity index (χ1) is 6.61. The molecule has 3 nitrogen and oxygen atoms in total. The average molecular weight is 196 g/mol. The van der Waals surface area contributed by atoms with Crippen LogP contribution in [0.1, 0.15) is 20.8 Å². The maximum Gasteiger partial charge on any atom is 0.236 e. The lowest BCUT2D eigenvalue weighted by Crippen LogP contribution is -2.40. The zero-order valence-electron chi connectivity index (χ0n) is 9.34. The number of amides is 1. The molecule has 0 saturated carbocycles. The monoisotopic (exact) mass is 196 g/mol. The first kappa shape index (κ1) is 13.0. The van der Waals surface area contributed by atoms with Crippen molar-refractivity contribution in [2.75, 3.05) is 26.2 Å². The molecule has 0 radical (unpaired) electrons. The smallest absolute Gasteiger partial charge is 0.236 e. The first-order valence-corrected chi connectivity index (χ1v) is 5.03. The fraction of sp³-hybridized carbons (Fsp3) is 0.727. The molecule has 0 aromatic carbocycles. The van der Waals surface area contributed by atoms with Gasteiger partial charge in [0.1, 0.15) is 0 Å². The van der Waals surface area contributed by atoms with E-state index in [1.165, 1.54) is 0 Å². The fourth-order valence-electron chi connectivity index (χ4n) is 1.20. The van der Waals surface area contributed by atoms with E-state index >= 15 is 0 Å². The maximum absolute atomic E-state index is 11.6. The van der Waals surface area contributed by atoms with Crippen LogP contribution in [-0.2, 0) is 4.79 Å². The van der Waals surface area contributed by atoms with Crippen molar-refractivity contribution in [1.29, 1.82) is 0 Å². The summed E-state index contributed by atoms with van der Waals surface area (Å²) in [7, 11) is 0. The number of terminal acetylenes is 1. The number of hydrogen-bond acceptors (Lipinski definition) is 2. The van der Waals surface area contributed by atoms with Crippen LogP contribution in [0.2, 0.25) is 0 Å². The Kier molecular flexibility index (Phi) is 6.87. The lowest BCUT2D eigenvalue weighted by atomic mass is 10.2. The lowest BCUT2D eigenvalue weighted by Gasteiger charge is -2.22. The molecular formula is C11H20N2O. The summed E-state index contributed by atoms with van der Waals surface area (Å²) in [5, 5.41) is 2.90. The van der Waals surface area contributed by atoms with Crippen molar-refractivity contribution in [3.05, 3.63) is 0 Å². The van der Waals surface area contributed by atoms with Crippen LogP contribution >= 0.6 is 0 Å². The number of carbonyl (C=O) groups excluding carboxylic acids is 1. The Morgan fingerprint density at radius 1 is 1.57 bits per heavy atom. The van der Waals surface area contributed by atoms with Gasteiger partial charge in [-0.15, -0.1) is 6.42 Å². The third-order valence-corrected chi connectivity index (χ3v) is 1.82. The van der Waals surface area contributed by atoms with Crippen molar-refractivity contribution in [1.82, 2.24) is 10.2 Å². The van der Waals surface area contributed by atoms with Gasteiger partial charge >= 0.3 is 0 Å². The van der Waals surface area contributed by atoms with E-state index in [9.17, 15) is 4.79 Å². The van der Waals surface area contributed by atoms with Gasteiger partial charge in [-0.25, -0.2) is 0 Å². The van der Waals surface area contributed by atoms with Crippen molar-refractivity contribution in [2.45, 2.75) is 20.8 Å². The SMILES string of the molecule is C#CCNCC(=O)N(CC)CC(C)C. The second kappa shape index (κ2) is 7.40. The van der Waals surface area contributed by atoms with E-state index < -0.39 is 0 Å². The van der Waals surface area contributed by atoms with Gasteiger partial charge in [-0.2, -0.15) is 0 Å². The first-order valence-electron chi connectivity index (χ1n) is 5.03. The predicted octanol–water partition coefficient (Wildman–Crippen LogP) is 0.714. The number of hydrogen-bond donors (Lipinski definition) is 1. The van der Waals surface area contributed by atoms with E-state index in [0.29, 0.717) is 19.0 Å². The standard InChI is InChI=1S/C11H20N2O/c1-5-7-12-8-11(14)13(6-2)9-10(3)4/h1,10,12H,6-9H2,2-4H3. The largest absolute Gasteiger partial charge is 0.342 e. The summed E-state index contributed by atoms with van der Waals surface area (Å²) in [6.45, 7) is 8.55. The molecule has 1 amide bonds. The van der Waals surface area contributed by atoms with Gasteiger partial charge < -0.3 is 4.90 Å². The molecule has 80 valence electrons. The Morgan fingerprint density at radius 2 is 2.21 bits per heavy atom. The number of nitrogens with zero attached hydrogens (tertiary/aromatic N) is 1. The minimum atomic E-state index is 0.122. The number of carbonyl (C=O) groups is 1. The zero-order valence-corrected chi connectivity index (χ0v) is 9.34. The lowest BCUT2D eigenvalue weighted by molar-refractivity contribution is -0.130. The van der Waals surface area contributed by atoms with Gasteiger partial charge in [-0.1, -0.05) is 19.8 Å². The third-order valence-electron chi connectivity index (χ3n) is 1.82. The van der Waals surface area contributed by atoms with E-state index in [4.69, 9.17) is 6.42 Å². The van der Waals surface area contributed by atoms with E-state index in [2.05, 4.69) is 25.1 Å². The van der Waals surface area contributed by atoms with Gasteiger partial charge in [0.25, 0.3) is 0 Å². The second-order valence-corrected chi connectivity index (χ2v) is 3.63. The van der Waals surface area contributed by atoms with E-state index in [-0.39, 0.29) is 5.91 Å². The molecule has 0 unspecified atom stereocenters. The predicted molar refractivity (Wildman–Crippen MR) is 58.8 cm³/mol. The maximum atomic E-state index is 11.6. The van der Waals surface area contributed by atoms with Gasteiger partial charge in [0, 0.05) is 13.1 Å². The number of likely N-dealkylation sites (N-methyl/N-ethyl adjacent to an activating group) is 1. The van der Waals surface area contributed by atoms with Crippen molar-refractivity contribution >= 4 is 5.91 Å². The summed E-state index contributed by atoms with van der Waals surface area (Å²) >= 11 is 0. The summed E-state index contributed by atoms with van der Waals surface area (Å²) in [4.78, 5) is 13.4. The molecule has 0 heterocycles. The van der Waals surface area contributed by atoms with Crippen LogP contribution in [-0.4, -0.2) is 37.0 Å². The van der Waals surface area contributed by atoms with E-state index in [1.54, 1.807) is 0 Å². The zero-order chi connectivity index (χ0) is 11.0. The van der Waals surface area contributed by atoms with Gasteiger partial charge in [0.15, 0.2) is 0 Å². The molecule has 0 aliphatic heterocycles. The van der Waals surface area contributed by atoms with Gasteiger partial charge in [-0.05, 0) is 12.8 Å². The van der Waals surface area contributed by atoms with Crippen molar-refractivity contribution in [3.8, 4) is 12.3 Å². The Hall–Kier alpha value is -1.01. The summed E-state index contributed by atoms with van der Waals surface area (Å²) < 4.78 is 0. The average Bonchev–Trinajstić information content (AvgIpc) is 2.14. The highest BCUT2D eigenvalue weighted by Crippen LogP contribution is 1.98. The molecule has 0 spiro atoms. The number of nitrogens with one attached hydrogen (secondary N) is 1. The minimum absolute atomic E-state index is 0.122. The van der Waals surface area contributed by atoms with Crippen LogP contribution in [0.5, 0.6) is 0 Å². The molecule has 0 aliphatic rings. The Balaban J connectivity index is 3.87. The van der Waals surface area contributed by atoms with Crippen LogP contribution in [0, 0.1) is 18.3 Å². The topological polar surface area (TPSA) is 32.3 Å². The summed E-state index contributed by atoms with van der Waals surface area (Å²) in [5.41, 5.74) is 0. The third kappa shape index (κ3) is 5.60. The molecule has 0 fully saturated rings. The number of rotatable bonds is 6. The summed E-state index contributed by atoms with van der Waals surface area (Å²) in [6.07, 6.45) is 5.07. The van der Waals surface area contributed by atoms with Gasteiger partial charge in [0.2, 0.25) is 5.91 Å². The molecule has 0 aliphatic carbocycles. The van der Waals surface area contributed by atoms with Crippen LogP contribution in [0.3, 0.4) is 0 Å². The van der Waals surface area contributed by atoms with E-state index in [1.807, 2.05) is 11.8 Å². The van der Waals surface area contributed by atoms with Gasteiger partial charge in [0.05, 0.1) is 13.1 Å². The quantitative estimate of drug-likeness (QED) is 0.501. The summed E-state index contributed by atoms with van der Waals surface area (Å²) in [5.74, 6) is 3.07. The van der Waals surface area contributed by atoms with Crippen LogP contribution in [0.15, 0.2) is 0 Å². The molecule has 0 aromatic heterocycles. The normalized spacial score (nSPS) is 9.93. The highest BCUT2D eigenvalue weighted by molar-refractivity contribution is 5.78. The molecular weight excluding hydrogens is 176 g/mol. The molecule has 0 atom stereocenters. The Bertz CT molecular complexity index is 206. The van der Waals surface area contributed by atoms with Crippen molar-refractivity contribution in [2.24, 2.45) is 5.92 Å². The second-order valence-electron chi connectivity index (χ2n) is 3.63. The van der Waals surface area contributed by atoms with Crippen LogP contribution in [0.4, 0.5) is 0 Å². The van der Waals surface area contributed by atoms with Crippen LogP contribution in [0.25, 0.3) is 0 Å². The Labute approximate surface area is 86.9 Å². The molecule has 1 N–H and O–H groups in total. The molecule has 0 rings (SSSR count). The van der Waals surface area contributed by atoms with E-state index in [0.717, 1.165) is 13.1 Å². The molecule has 0 bridgehead atoms. The highest BCUT2D eigenvalue weighted by Gasteiger charge is 2.11. The molecule has 0 aromatic rings.